The normalized spacial score (nSPS) is 12.8. The molecule has 2 aromatic rings. The zero-order chi connectivity index (χ0) is 25.3. The monoisotopic (exact) mass is 509 g/mol. The molecule has 2 rings (SSSR count). The molecule has 2 amide bonds. The maximum Gasteiger partial charge on any atom is 0.262 e. The summed E-state index contributed by atoms with van der Waals surface area (Å²) in [6.45, 7) is 5.47. The van der Waals surface area contributed by atoms with E-state index >= 15 is 0 Å². The number of ether oxygens (including phenoxy) is 3. The van der Waals surface area contributed by atoms with Crippen molar-refractivity contribution >= 4 is 41.2 Å². The zero-order valence-corrected chi connectivity index (χ0v) is 21.2. The highest BCUT2D eigenvalue weighted by Gasteiger charge is 2.25. The van der Waals surface area contributed by atoms with Crippen molar-refractivity contribution in [2.24, 2.45) is 11.0 Å². The Kier molecular flexibility index (Phi) is 10.5. The van der Waals surface area contributed by atoms with Crippen molar-refractivity contribution < 1.29 is 23.8 Å². The molecule has 0 aliphatic heterocycles. The molecule has 0 bridgehead atoms. The number of halogens is 2. The molecule has 0 aromatic heterocycles. The SMILES string of the molecule is COc1ccc(/C=N\NC(=O)[C@H](CC(C)C)NC(=O)[C@@H](C)Oc2ccc(Cl)cc2Cl)c(OC)c1. The topological polar surface area (TPSA) is 98.2 Å². The molecule has 0 aliphatic rings. The van der Waals surface area contributed by atoms with Crippen molar-refractivity contribution in [1.29, 1.82) is 0 Å². The summed E-state index contributed by atoms with van der Waals surface area (Å²) in [7, 11) is 3.08. The van der Waals surface area contributed by atoms with E-state index in [1.54, 1.807) is 44.4 Å². The lowest BCUT2D eigenvalue weighted by molar-refractivity contribution is -0.132. The summed E-state index contributed by atoms with van der Waals surface area (Å²) in [5.74, 6) is 0.709. The second-order valence-electron chi connectivity index (χ2n) is 7.87. The summed E-state index contributed by atoms with van der Waals surface area (Å²) in [5.41, 5.74) is 3.13. The van der Waals surface area contributed by atoms with Gasteiger partial charge in [0.15, 0.2) is 6.10 Å². The van der Waals surface area contributed by atoms with Crippen LogP contribution in [-0.2, 0) is 9.59 Å². The van der Waals surface area contributed by atoms with E-state index in [2.05, 4.69) is 15.8 Å². The number of amides is 2. The second-order valence-corrected chi connectivity index (χ2v) is 8.71. The lowest BCUT2D eigenvalue weighted by atomic mass is 10.0. The summed E-state index contributed by atoms with van der Waals surface area (Å²) in [6.07, 6.45) is 0.972. The van der Waals surface area contributed by atoms with Crippen LogP contribution in [0.15, 0.2) is 41.5 Å². The quantitative estimate of drug-likeness (QED) is 0.344. The van der Waals surface area contributed by atoms with Crippen LogP contribution in [0.3, 0.4) is 0 Å². The molecule has 2 atom stereocenters. The molecular formula is C24H29Cl2N3O5. The van der Waals surface area contributed by atoms with Gasteiger partial charge in [-0.15, -0.1) is 0 Å². The molecule has 0 radical (unpaired) electrons. The van der Waals surface area contributed by atoms with Crippen molar-refractivity contribution in [3.63, 3.8) is 0 Å². The molecule has 0 aliphatic carbocycles. The highest BCUT2D eigenvalue weighted by atomic mass is 35.5. The summed E-state index contributed by atoms with van der Waals surface area (Å²) in [6, 6.07) is 9.11. The molecule has 2 N–H and O–H groups in total. The molecule has 0 saturated heterocycles. The maximum absolute atomic E-state index is 12.8. The highest BCUT2D eigenvalue weighted by molar-refractivity contribution is 6.35. The standard InChI is InChI=1S/C24H29Cl2N3O5/c1-14(2)10-20(28-23(30)15(3)34-21-9-7-17(25)11-19(21)26)24(31)29-27-13-16-6-8-18(32-4)12-22(16)33-5/h6-9,11-15,20H,10H2,1-5H3,(H,28,30)(H,29,31)/b27-13-/t15-,20+/m1/s1. The molecule has 2 aromatic carbocycles. The van der Waals surface area contributed by atoms with Crippen molar-refractivity contribution in [3.05, 3.63) is 52.0 Å². The third-order valence-electron chi connectivity index (χ3n) is 4.73. The minimum Gasteiger partial charge on any atom is -0.497 e. The largest absolute Gasteiger partial charge is 0.497 e. The number of nitrogens with one attached hydrogen (secondary N) is 2. The molecule has 0 saturated carbocycles. The van der Waals surface area contributed by atoms with Gasteiger partial charge in [0.25, 0.3) is 11.8 Å². The summed E-state index contributed by atoms with van der Waals surface area (Å²) >= 11 is 12.0. The Morgan fingerprint density at radius 2 is 1.74 bits per heavy atom. The Bertz CT molecular complexity index is 1030. The number of hydrogen-bond acceptors (Lipinski definition) is 6. The first-order chi connectivity index (χ1) is 16.1. The summed E-state index contributed by atoms with van der Waals surface area (Å²) in [4.78, 5) is 25.5. The fourth-order valence-corrected chi connectivity index (χ4v) is 3.43. The molecule has 0 unspecified atom stereocenters. The van der Waals surface area contributed by atoms with E-state index in [1.807, 2.05) is 13.8 Å². The number of carbonyl (C=O) groups excluding carboxylic acids is 2. The van der Waals surface area contributed by atoms with Crippen LogP contribution < -0.4 is 25.0 Å². The van der Waals surface area contributed by atoms with Crippen molar-refractivity contribution in [2.75, 3.05) is 14.2 Å². The van der Waals surface area contributed by atoms with E-state index < -0.39 is 24.0 Å². The highest BCUT2D eigenvalue weighted by Crippen LogP contribution is 2.28. The average molecular weight is 510 g/mol. The van der Waals surface area contributed by atoms with Gasteiger partial charge >= 0.3 is 0 Å². The van der Waals surface area contributed by atoms with Gasteiger partial charge in [-0.1, -0.05) is 37.0 Å². The number of hydrazone groups is 1. The van der Waals surface area contributed by atoms with Crippen LogP contribution in [0.5, 0.6) is 17.2 Å². The smallest absolute Gasteiger partial charge is 0.262 e. The molecule has 0 spiro atoms. The first-order valence-electron chi connectivity index (χ1n) is 10.6. The molecular weight excluding hydrogens is 481 g/mol. The number of methoxy groups -OCH3 is 2. The Labute approximate surface area is 209 Å². The van der Waals surface area contributed by atoms with E-state index in [1.165, 1.54) is 19.4 Å². The minimum absolute atomic E-state index is 0.142. The predicted octanol–water partition coefficient (Wildman–Crippen LogP) is 4.46. The molecule has 0 heterocycles. The second kappa shape index (κ2) is 13.1. The van der Waals surface area contributed by atoms with Crippen LogP contribution >= 0.6 is 23.2 Å². The third kappa shape index (κ3) is 8.11. The van der Waals surface area contributed by atoms with Crippen LogP contribution in [0.1, 0.15) is 32.8 Å². The Hall–Kier alpha value is -2.97. The first kappa shape index (κ1) is 27.3. The fourth-order valence-electron chi connectivity index (χ4n) is 2.98. The van der Waals surface area contributed by atoms with E-state index in [4.69, 9.17) is 37.4 Å². The number of benzene rings is 2. The third-order valence-corrected chi connectivity index (χ3v) is 5.26. The molecule has 184 valence electrons. The van der Waals surface area contributed by atoms with Gasteiger partial charge in [0, 0.05) is 16.7 Å². The Balaban J connectivity index is 2.04. The van der Waals surface area contributed by atoms with Gasteiger partial charge in [-0.05, 0) is 49.6 Å². The van der Waals surface area contributed by atoms with Gasteiger partial charge in [-0.25, -0.2) is 5.43 Å². The van der Waals surface area contributed by atoms with Crippen molar-refractivity contribution in [2.45, 2.75) is 39.3 Å². The zero-order valence-electron chi connectivity index (χ0n) is 19.7. The molecule has 10 heteroatoms. The summed E-state index contributed by atoms with van der Waals surface area (Å²) < 4.78 is 16.1. The summed E-state index contributed by atoms with van der Waals surface area (Å²) in [5, 5.41) is 7.48. The average Bonchev–Trinajstić information content (AvgIpc) is 2.79. The van der Waals surface area contributed by atoms with Gasteiger partial charge in [0.2, 0.25) is 0 Å². The van der Waals surface area contributed by atoms with Gasteiger partial charge in [0.05, 0.1) is 25.5 Å². The maximum atomic E-state index is 12.8. The predicted molar refractivity (Wildman–Crippen MR) is 133 cm³/mol. The molecule has 8 nitrogen and oxygen atoms in total. The Morgan fingerprint density at radius 1 is 1.00 bits per heavy atom. The van der Waals surface area contributed by atoms with Gasteiger partial charge in [0.1, 0.15) is 23.3 Å². The van der Waals surface area contributed by atoms with Crippen molar-refractivity contribution in [3.8, 4) is 17.2 Å². The number of carbonyl (C=O) groups is 2. The van der Waals surface area contributed by atoms with Crippen LogP contribution in [0.2, 0.25) is 10.0 Å². The minimum atomic E-state index is -0.895. The van der Waals surface area contributed by atoms with Gasteiger partial charge < -0.3 is 19.5 Å². The van der Waals surface area contributed by atoms with Crippen LogP contribution in [0.25, 0.3) is 0 Å². The lowest BCUT2D eigenvalue weighted by Gasteiger charge is -2.22. The molecule has 0 fully saturated rings. The molecule has 34 heavy (non-hydrogen) atoms. The van der Waals surface area contributed by atoms with Crippen LogP contribution in [0, 0.1) is 5.92 Å². The van der Waals surface area contributed by atoms with Gasteiger partial charge in [-0.3, -0.25) is 9.59 Å². The Morgan fingerprint density at radius 3 is 2.35 bits per heavy atom. The number of hydrogen-bond donors (Lipinski definition) is 2. The first-order valence-corrected chi connectivity index (χ1v) is 11.4. The number of rotatable bonds is 11. The van der Waals surface area contributed by atoms with Crippen molar-refractivity contribution in [1.82, 2.24) is 10.7 Å². The van der Waals surface area contributed by atoms with E-state index in [0.29, 0.717) is 34.3 Å². The van der Waals surface area contributed by atoms with Gasteiger partial charge in [-0.2, -0.15) is 5.10 Å². The number of nitrogens with zero attached hydrogens (tertiary/aromatic N) is 1. The van der Waals surface area contributed by atoms with E-state index in [9.17, 15) is 9.59 Å². The van der Waals surface area contributed by atoms with E-state index in [-0.39, 0.29) is 10.9 Å². The van der Waals surface area contributed by atoms with Crippen LogP contribution in [0.4, 0.5) is 0 Å². The fraction of sp³-hybridized carbons (Fsp3) is 0.375. The van der Waals surface area contributed by atoms with Crippen LogP contribution in [-0.4, -0.2) is 44.4 Å². The van der Waals surface area contributed by atoms with E-state index in [0.717, 1.165) is 0 Å². The lowest BCUT2D eigenvalue weighted by Crippen LogP contribution is -2.49.